The van der Waals surface area contributed by atoms with Gasteiger partial charge >= 0.3 is 0 Å². The van der Waals surface area contributed by atoms with Crippen molar-refractivity contribution in [3.8, 4) is 5.75 Å². The van der Waals surface area contributed by atoms with Crippen LogP contribution in [0.5, 0.6) is 5.75 Å². The van der Waals surface area contributed by atoms with Gasteiger partial charge in [-0.25, -0.2) is 4.98 Å². The molecule has 0 aliphatic rings. The molecule has 6 heteroatoms. The van der Waals surface area contributed by atoms with Crippen LogP contribution in [-0.2, 0) is 11.2 Å². The monoisotopic (exact) mass is 444 g/mol. The SMILES string of the molecule is CCc1cccc(N(C(=O)[C@@H](C)Oc2ccc(C(C)=O)cc2)c2nc3ccccc3s2)c1. The van der Waals surface area contributed by atoms with Gasteiger partial charge in [0.15, 0.2) is 17.0 Å². The summed E-state index contributed by atoms with van der Waals surface area (Å²) in [7, 11) is 0. The van der Waals surface area contributed by atoms with Crippen molar-refractivity contribution in [2.24, 2.45) is 0 Å². The summed E-state index contributed by atoms with van der Waals surface area (Å²) in [6.45, 7) is 5.33. The number of para-hydroxylation sites is 1. The molecule has 1 heterocycles. The molecule has 0 radical (unpaired) electrons. The first-order chi connectivity index (χ1) is 15.5. The number of hydrogen-bond donors (Lipinski definition) is 0. The normalized spacial score (nSPS) is 11.8. The summed E-state index contributed by atoms with van der Waals surface area (Å²) in [6, 6.07) is 22.6. The maximum Gasteiger partial charge on any atom is 0.274 e. The number of hydrogen-bond acceptors (Lipinski definition) is 5. The number of benzene rings is 3. The average Bonchev–Trinajstić information content (AvgIpc) is 3.23. The molecule has 1 atom stereocenters. The van der Waals surface area contributed by atoms with Gasteiger partial charge in [0, 0.05) is 5.56 Å². The summed E-state index contributed by atoms with van der Waals surface area (Å²) in [5, 5.41) is 0.604. The molecule has 1 aromatic heterocycles. The predicted octanol–water partition coefficient (Wildman–Crippen LogP) is 6.19. The van der Waals surface area contributed by atoms with Crippen LogP contribution >= 0.6 is 11.3 Å². The molecule has 0 fully saturated rings. The van der Waals surface area contributed by atoms with E-state index in [0.717, 1.165) is 27.9 Å². The van der Waals surface area contributed by atoms with E-state index < -0.39 is 6.10 Å². The maximum absolute atomic E-state index is 13.6. The lowest BCUT2D eigenvalue weighted by Crippen LogP contribution is -2.37. The fourth-order valence-corrected chi connectivity index (χ4v) is 4.40. The van der Waals surface area contributed by atoms with Crippen molar-refractivity contribution in [2.75, 3.05) is 4.90 Å². The smallest absolute Gasteiger partial charge is 0.274 e. The minimum Gasteiger partial charge on any atom is -0.481 e. The highest BCUT2D eigenvalue weighted by atomic mass is 32.1. The van der Waals surface area contributed by atoms with Crippen LogP contribution in [0.25, 0.3) is 10.2 Å². The first-order valence-corrected chi connectivity index (χ1v) is 11.3. The van der Waals surface area contributed by atoms with Crippen molar-refractivity contribution in [3.63, 3.8) is 0 Å². The molecule has 0 N–H and O–H groups in total. The van der Waals surface area contributed by atoms with Crippen LogP contribution in [0.15, 0.2) is 72.8 Å². The lowest BCUT2D eigenvalue weighted by atomic mass is 10.1. The molecule has 4 rings (SSSR count). The molecule has 0 unspecified atom stereocenters. The fraction of sp³-hybridized carbons (Fsp3) is 0.192. The van der Waals surface area contributed by atoms with Crippen LogP contribution < -0.4 is 9.64 Å². The zero-order chi connectivity index (χ0) is 22.7. The van der Waals surface area contributed by atoms with Crippen molar-refractivity contribution in [1.29, 1.82) is 0 Å². The van der Waals surface area contributed by atoms with Crippen LogP contribution in [0.2, 0.25) is 0 Å². The number of aromatic nitrogens is 1. The van der Waals surface area contributed by atoms with Gasteiger partial charge in [0.05, 0.1) is 15.9 Å². The van der Waals surface area contributed by atoms with Gasteiger partial charge in [0.25, 0.3) is 5.91 Å². The van der Waals surface area contributed by atoms with Crippen molar-refractivity contribution in [3.05, 3.63) is 83.9 Å². The minimum absolute atomic E-state index is 0.0153. The Morgan fingerprint density at radius 1 is 1.03 bits per heavy atom. The first kappa shape index (κ1) is 21.7. The second kappa shape index (κ2) is 9.32. The second-order valence-electron chi connectivity index (χ2n) is 7.50. The molecule has 32 heavy (non-hydrogen) atoms. The number of rotatable bonds is 7. The zero-order valence-electron chi connectivity index (χ0n) is 18.2. The fourth-order valence-electron chi connectivity index (χ4n) is 3.41. The maximum atomic E-state index is 13.6. The summed E-state index contributed by atoms with van der Waals surface area (Å²) < 4.78 is 6.95. The molecule has 5 nitrogen and oxygen atoms in total. The molecule has 1 amide bonds. The van der Waals surface area contributed by atoms with Crippen molar-refractivity contribution in [1.82, 2.24) is 4.98 Å². The predicted molar refractivity (Wildman–Crippen MR) is 129 cm³/mol. The minimum atomic E-state index is -0.754. The summed E-state index contributed by atoms with van der Waals surface area (Å²) in [6.07, 6.45) is 0.111. The number of amides is 1. The van der Waals surface area contributed by atoms with Crippen LogP contribution in [0, 0.1) is 0 Å². The van der Waals surface area contributed by atoms with Gasteiger partial charge in [-0.05, 0) is 74.4 Å². The molecule has 0 saturated heterocycles. The molecule has 0 spiro atoms. The quantitative estimate of drug-likeness (QED) is 0.319. The van der Waals surface area contributed by atoms with E-state index in [1.165, 1.54) is 18.3 Å². The van der Waals surface area contributed by atoms with E-state index in [-0.39, 0.29) is 11.7 Å². The lowest BCUT2D eigenvalue weighted by molar-refractivity contribution is -0.123. The Hall–Kier alpha value is -3.51. The number of thiazole rings is 1. The van der Waals surface area contributed by atoms with Crippen molar-refractivity contribution in [2.45, 2.75) is 33.3 Å². The van der Waals surface area contributed by atoms with E-state index in [2.05, 4.69) is 6.92 Å². The number of ether oxygens (including phenoxy) is 1. The molecular formula is C26H24N2O3S. The summed E-state index contributed by atoms with van der Waals surface area (Å²) in [5.41, 5.74) is 3.35. The molecule has 4 aromatic rings. The second-order valence-corrected chi connectivity index (χ2v) is 8.51. The number of aryl methyl sites for hydroxylation is 1. The Balaban J connectivity index is 1.68. The van der Waals surface area contributed by atoms with Gasteiger partial charge in [0.2, 0.25) is 0 Å². The van der Waals surface area contributed by atoms with Gasteiger partial charge in [-0.1, -0.05) is 42.5 Å². The Morgan fingerprint density at radius 2 is 1.78 bits per heavy atom. The largest absolute Gasteiger partial charge is 0.481 e. The highest BCUT2D eigenvalue weighted by Gasteiger charge is 2.28. The molecule has 0 saturated carbocycles. The van der Waals surface area contributed by atoms with Crippen LogP contribution in [0.4, 0.5) is 10.8 Å². The van der Waals surface area contributed by atoms with Gasteiger partial charge in [0.1, 0.15) is 5.75 Å². The van der Waals surface area contributed by atoms with Gasteiger partial charge in [-0.2, -0.15) is 0 Å². The van der Waals surface area contributed by atoms with E-state index >= 15 is 0 Å². The van der Waals surface area contributed by atoms with E-state index in [1.807, 2.05) is 48.5 Å². The third-order valence-electron chi connectivity index (χ3n) is 5.19. The van der Waals surface area contributed by atoms with Crippen molar-refractivity contribution < 1.29 is 14.3 Å². The Kier molecular flexibility index (Phi) is 6.32. The highest BCUT2D eigenvalue weighted by Crippen LogP contribution is 2.34. The van der Waals surface area contributed by atoms with Gasteiger partial charge in [-0.3, -0.25) is 14.5 Å². The molecule has 162 valence electrons. The number of Topliss-reactive ketones (excluding diaryl/α,β-unsaturated/α-hetero) is 1. The average molecular weight is 445 g/mol. The third-order valence-corrected chi connectivity index (χ3v) is 6.21. The van der Waals surface area contributed by atoms with Crippen LogP contribution in [0.1, 0.15) is 36.7 Å². The number of ketones is 1. The number of fused-ring (bicyclic) bond motifs is 1. The zero-order valence-corrected chi connectivity index (χ0v) is 19.1. The number of nitrogens with zero attached hydrogens (tertiary/aromatic N) is 2. The van der Waals surface area contributed by atoms with Crippen LogP contribution in [0.3, 0.4) is 0 Å². The molecule has 0 aliphatic carbocycles. The highest BCUT2D eigenvalue weighted by molar-refractivity contribution is 7.22. The van der Waals surface area contributed by atoms with E-state index in [1.54, 1.807) is 36.1 Å². The first-order valence-electron chi connectivity index (χ1n) is 10.5. The van der Waals surface area contributed by atoms with E-state index in [0.29, 0.717) is 16.4 Å². The topological polar surface area (TPSA) is 59.5 Å². The van der Waals surface area contributed by atoms with E-state index in [9.17, 15) is 9.59 Å². The van der Waals surface area contributed by atoms with Gasteiger partial charge in [-0.15, -0.1) is 0 Å². The summed E-state index contributed by atoms with van der Waals surface area (Å²) in [4.78, 5) is 31.5. The number of carbonyl (C=O) groups is 2. The third kappa shape index (κ3) is 4.55. The van der Waals surface area contributed by atoms with Crippen LogP contribution in [-0.4, -0.2) is 22.8 Å². The number of anilines is 2. The lowest BCUT2D eigenvalue weighted by Gasteiger charge is -2.24. The molecule has 3 aromatic carbocycles. The standard InChI is InChI=1S/C26H24N2O3S/c1-4-19-8-7-9-21(16-19)28(26-27-23-10-5-6-11-24(23)32-26)25(30)18(3)31-22-14-12-20(13-15-22)17(2)29/h5-16,18H,4H2,1-3H3/t18-/m1/s1. The Labute approximate surface area is 191 Å². The molecular weight excluding hydrogens is 420 g/mol. The molecule has 0 aliphatic heterocycles. The number of carbonyl (C=O) groups excluding carboxylic acids is 2. The van der Waals surface area contributed by atoms with Gasteiger partial charge < -0.3 is 4.74 Å². The molecule has 0 bridgehead atoms. The Morgan fingerprint density at radius 3 is 2.47 bits per heavy atom. The summed E-state index contributed by atoms with van der Waals surface area (Å²) >= 11 is 1.47. The summed E-state index contributed by atoms with van der Waals surface area (Å²) in [5.74, 6) is 0.300. The Bertz CT molecular complexity index is 1230. The van der Waals surface area contributed by atoms with E-state index in [4.69, 9.17) is 9.72 Å². The van der Waals surface area contributed by atoms with Crippen molar-refractivity contribution >= 4 is 44.1 Å².